The zero-order valence-electron chi connectivity index (χ0n) is 11.1. The molecule has 3 nitrogen and oxygen atoms in total. The maximum atomic E-state index is 11.1. The Labute approximate surface area is 106 Å². The van der Waals surface area contributed by atoms with Crippen LogP contribution in [0.3, 0.4) is 0 Å². The minimum atomic E-state index is -0.841. The molecule has 0 radical (unpaired) electrons. The van der Waals surface area contributed by atoms with Crippen molar-refractivity contribution in [2.45, 2.75) is 33.6 Å². The third-order valence-corrected chi connectivity index (χ3v) is 3.55. The molecule has 0 saturated heterocycles. The van der Waals surface area contributed by atoms with E-state index in [-0.39, 0.29) is 0 Å². The minimum absolute atomic E-state index is 0.576. The fraction of sp³-hybridized carbons (Fsp3) is 0.333. The summed E-state index contributed by atoms with van der Waals surface area (Å²) in [5.74, 6) is -1.42. The molecule has 0 amide bonds. The largest absolute Gasteiger partial charge is 0.481 e. The topological polar surface area (TPSA) is 50.2 Å². The van der Waals surface area contributed by atoms with Crippen molar-refractivity contribution >= 4 is 16.9 Å². The van der Waals surface area contributed by atoms with Crippen LogP contribution in [0.1, 0.15) is 35.2 Å². The number of hydrogen-bond acceptors (Lipinski definition) is 2. The molecule has 0 spiro atoms. The highest BCUT2D eigenvalue weighted by Gasteiger charge is 2.17. The molecule has 2 aromatic rings. The molecule has 0 saturated carbocycles. The lowest BCUT2D eigenvalue weighted by Crippen LogP contribution is -2.10. The Hall–Kier alpha value is -1.90. The number of benzene rings is 1. The third-order valence-electron chi connectivity index (χ3n) is 3.55. The number of hydrogen-bond donors (Lipinski definition) is 1. The van der Waals surface area contributed by atoms with E-state index in [0.717, 1.165) is 22.0 Å². The molecule has 0 aliphatic rings. The summed E-state index contributed by atoms with van der Waals surface area (Å²) in [6, 6.07) is 6.00. The summed E-state index contributed by atoms with van der Waals surface area (Å²) in [7, 11) is 0. The molecule has 0 bridgehead atoms. The van der Waals surface area contributed by atoms with Gasteiger partial charge in [0.1, 0.15) is 0 Å². The number of aromatic nitrogens is 1. The first-order valence-corrected chi connectivity index (χ1v) is 6.02. The summed E-state index contributed by atoms with van der Waals surface area (Å²) in [6.07, 6.45) is 0. The van der Waals surface area contributed by atoms with Crippen LogP contribution >= 0.6 is 0 Å². The number of aryl methyl sites for hydroxylation is 3. The Balaban J connectivity index is 2.74. The quantitative estimate of drug-likeness (QED) is 0.880. The first-order chi connectivity index (χ1) is 8.41. The molecule has 0 aliphatic carbocycles. The number of carboxylic acid groups (broad SMARTS) is 1. The molecule has 1 aromatic carbocycles. The highest BCUT2D eigenvalue weighted by molar-refractivity contribution is 5.87. The Morgan fingerprint density at radius 3 is 2.50 bits per heavy atom. The Kier molecular flexibility index (Phi) is 3.07. The van der Waals surface area contributed by atoms with E-state index >= 15 is 0 Å². The molecule has 18 heavy (non-hydrogen) atoms. The van der Waals surface area contributed by atoms with Crippen LogP contribution in [0.5, 0.6) is 0 Å². The van der Waals surface area contributed by atoms with E-state index in [1.807, 2.05) is 26.8 Å². The molecule has 1 N–H and O–H groups in total. The average molecular weight is 243 g/mol. The van der Waals surface area contributed by atoms with Gasteiger partial charge >= 0.3 is 5.97 Å². The lowest BCUT2D eigenvalue weighted by molar-refractivity contribution is -0.138. The van der Waals surface area contributed by atoms with Crippen LogP contribution in [-0.4, -0.2) is 16.1 Å². The molecular weight excluding hydrogens is 226 g/mol. The van der Waals surface area contributed by atoms with Crippen LogP contribution in [0, 0.1) is 20.8 Å². The van der Waals surface area contributed by atoms with Gasteiger partial charge in [0.25, 0.3) is 0 Å². The van der Waals surface area contributed by atoms with Gasteiger partial charge in [-0.05, 0) is 50.5 Å². The van der Waals surface area contributed by atoms with Crippen LogP contribution in [0.2, 0.25) is 0 Å². The van der Waals surface area contributed by atoms with E-state index in [4.69, 9.17) is 5.11 Å². The first kappa shape index (κ1) is 12.6. The summed E-state index contributed by atoms with van der Waals surface area (Å²) in [5, 5.41) is 10.2. The van der Waals surface area contributed by atoms with Crippen LogP contribution < -0.4 is 0 Å². The SMILES string of the molecule is Cc1ccc2c(C)cc(C(C)C(=O)O)nc2c1C. The van der Waals surface area contributed by atoms with E-state index in [9.17, 15) is 4.79 Å². The zero-order valence-corrected chi connectivity index (χ0v) is 11.1. The van der Waals surface area contributed by atoms with Gasteiger partial charge in [-0.1, -0.05) is 12.1 Å². The molecule has 0 fully saturated rings. The first-order valence-electron chi connectivity index (χ1n) is 6.02. The average Bonchev–Trinajstić information content (AvgIpc) is 2.33. The van der Waals surface area contributed by atoms with E-state index in [0.29, 0.717) is 5.69 Å². The van der Waals surface area contributed by atoms with Crippen molar-refractivity contribution < 1.29 is 9.90 Å². The van der Waals surface area contributed by atoms with Gasteiger partial charge in [0, 0.05) is 5.39 Å². The van der Waals surface area contributed by atoms with E-state index in [1.54, 1.807) is 6.92 Å². The van der Waals surface area contributed by atoms with E-state index in [2.05, 4.69) is 17.1 Å². The summed E-state index contributed by atoms with van der Waals surface area (Å²) in [6.45, 7) is 7.73. The molecule has 1 heterocycles. The summed E-state index contributed by atoms with van der Waals surface area (Å²) < 4.78 is 0. The molecule has 1 aromatic heterocycles. The fourth-order valence-corrected chi connectivity index (χ4v) is 2.07. The number of nitrogens with zero attached hydrogens (tertiary/aromatic N) is 1. The molecule has 3 heteroatoms. The van der Waals surface area contributed by atoms with Crippen LogP contribution in [0.4, 0.5) is 0 Å². The van der Waals surface area contributed by atoms with Crippen molar-refractivity contribution in [1.29, 1.82) is 0 Å². The Bertz CT molecular complexity index is 632. The second-order valence-electron chi connectivity index (χ2n) is 4.83. The third kappa shape index (κ3) is 1.96. The monoisotopic (exact) mass is 243 g/mol. The summed E-state index contributed by atoms with van der Waals surface area (Å²) in [5.41, 5.74) is 4.91. The number of fused-ring (bicyclic) bond motifs is 1. The molecule has 1 unspecified atom stereocenters. The Morgan fingerprint density at radius 2 is 1.89 bits per heavy atom. The van der Waals surface area contributed by atoms with Crippen molar-refractivity contribution in [3.63, 3.8) is 0 Å². The standard InChI is InChI=1S/C15H17NO2/c1-8-5-6-12-9(2)7-13(11(4)15(17)18)16-14(12)10(8)3/h5-7,11H,1-4H3,(H,17,18). The van der Waals surface area contributed by atoms with Crippen molar-refractivity contribution in [2.75, 3.05) is 0 Å². The number of carboxylic acids is 1. The Morgan fingerprint density at radius 1 is 1.22 bits per heavy atom. The van der Waals surface area contributed by atoms with Crippen LogP contribution in [-0.2, 0) is 4.79 Å². The summed E-state index contributed by atoms with van der Waals surface area (Å²) >= 11 is 0. The van der Waals surface area contributed by atoms with Gasteiger partial charge < -0.3 is 5.11 Å². The van der Waals surface area contributed by atoms with Gasteiger partial charge in [-0.2, -0.15) is 0 Å². The van der Waals surface area contributed by atoms with Gasteiger partial charge in [-0.25, -0.2) is 0 Å². The van der Waals surface area contributed by atoms with E-state index in [1.165, 1.54) is 5.56 Å². The maximum absolute atomic E-state index is 11.1. The lowest BCUT2D eigenvalue weighted by Gasteiger charge is -2.12. The summed E-state index contributed by atoms with van der Waals surface area (Å²) in [4.78, 5) is 15.6. The van der Waals surface area contributed by atoms with Crippen LogP contribution in [0.15, 0.2) is 18.2 Å². The minimum Gasteiger partial charge on any atom is -0.481 e. The highest BCUT2D eigenvalue weighted by Crippen LogP contribution is 2.26. The molecular formula is C15H17NO2. The smallest absolute Gasteiger partial charge is 0.312 e. The lowest BCUT2D eigenvalue weighted by atomic mass is 9.99. The number of rotatable bonds is 2. The predicted molar refractivity (Wildman–Crippen MR) is 72.0 cm³/mol. The zero-order chi connectivity index (χ0) is 13.4. The van der Waals surface area contributed by atoms with Crippen LogP contribution in [0.25, 0.3) is 10.9 Å². The number of carbonyl (C=O) groups is 1. The molecule has 1 atom stereocenters. The maximum Gasteiger partial charge on any atom is 0.312 e. The molecule has 94 valence electrons. The highest BCUT2D eigenvalue weighted by atomic mass is 16.4. The van der Waals surface area contributed by atoms with E-state index < -0.39 is 11.9 Å². The second-order valence-corrected chi connectivity index (χ2v) is 4.83. The fourth-order valence-electron chi connectivity index (χ4n) is 2.07. The predicted octanol–water partition coefficient (Wildman–Crippen LogP) is 3.35. The van der Waals surface area contributed by atoms with Crippen molar-refractivity contribution in [1.82, 2.24) is 4.98 Å². The second kappa shape index (κ2) is 4.41. The number of aliphatic carboxylic acids is 1. The van der Waals surface area contributed by atoms with Gasteiger partial charge in [0.2, 0.25) is 0 Å². The van der Waals surface area contributed by atoms with Crippen molar-refractivity contribution in [3.05, 3.63) is 40.6 Å². The molecule has 2 rings (SSSR count). The van der Waals surface area contributed by atoms with Gasteiger partial charge in [0.15, 0.2) is 0 Å². The number of pyridine rings is 1. The molecule has 0 aliphatic heterocycles. The van der Waals surface area contributed by atoms with Gasteiger partial charge in [0.05, 0.1) is 17.1 Å². The van der Waals surface area contributed by atoms with Crippen molar-refractivity contribution in [2.24, 2.45) is 0 Å². The van der Waals surface area contributed by atoms with Gasteiger partial charge in [-0.3, -0.25) is 9.78 Å². The normalized spacial score (nSPS) is 12.7. The van der Waals surface area contributed by atoms with Crippen molar-refractivity contribution in [3.8, 4) is 0 Å². The van der Waals surface area contributed by atoms with Gasteiger partial charge in [-0.15, -0.1) is 0 Å².